The average Bonchev–Trinajstić information content (AvgIpc) is 3.38. The van der Waals surface area contributed by atoms with Crippen LogP contribution >= 0.6 is 0 Å². The quantitative estimate of drug-likeness (QED) is 0.303. The summed E-state index contributed by atoms with van der Waals surface area (Å²) in [5.74, 6) is 0.544. The summed E-state index contributed by atoms with van der Waals surface area (Å²) >= 11 is 0. The van der Waals surface area contributed by atoms with Gasteiger partial charge in [-0.1, -0.05) is 26.8 Å². The molecule has 2 fully saturated rings. The molecule has 4 N–H and O–H groups in total. The van der Waals surface area contributed by atoms with Gasteiger partial charge in [0.25, 0.3) is 10.0 Å². The van der Waals surface area contributed by atoms with Crippen molar-refractivity contribution < 1.29 is 32.9 Å². The molecular formula is C25H41N3O7S. The first kappa shape index (κ1) is 28.8. The molecular weight excluding hydrogens is 486 g/mol. The van der Waals surface area contributed by atoms with Crippen LogP contribution in [0.3, 0.4) is 0 Å². The van der Waals surface area contributed by atoms with Gasteiger partial charge in [-0.05, 0) is 61.3 Å². The van der Waals surface area contributed by atoms with Crippen molar-refractivity contribution in [3.63, 3.8) is 0 Å². The van der Waals surface area contributed by atoms with E-state index in [-0.39, 0.29) is 36.2 Å². The van der Waals surface area contributed by atoms with Gasteiger partial charge in [0.2, 0.25) is 0 Å². The summed E-state index contributed by atoms with van der Waals surface area (Å²) < 4.78 is 37.4. The zero-order chi connectivity index (χ0) is 26.5. The lowest BCUT2D eigenvalue weighted by Gasteiger charge is -2.30. The minimum Gasteiger partial charge on any atom is -0.446 e. The van der Waals surface area contributed by atoms with Crippen LogP contribution in [0.25, 0.3) is 0 Å². The van der Waals surface area contributed by atoms with Gasteiger partial charge in [-0.3, -0.25) is 0 Å². The first-order chi connectivity index (χ1) is 17.0. The van der Waals surface area contributed by atoms with Crippen LogP contribution in [0.15, 0.2) is 23.1 Å². The Bertz CT molecular complexity index is 976. The molecule has 1 aliphatic carbocycles. The fourth-order valence-electron chi connectivity index (χ4n) is 4.97. The molecule has 1 amide bonds. The molecule has 1 saturated heterocycles. The number of aryl methyl sites for hydroxylation is 1. The molecule has 1 heterocycles. The first-order valence-corrected chi connectivity index (χ1v) is 14.2. The second kappa shape index (κ2) is 12.7. The van der Waals surface area contributed by atoms with Gasteiger partial charge in [-0.25, -0.2) is 18.2 Å². The van der Waals surface area contributed by atoms with E-state index in [1.54, 1.807) is 13.0 Å². The maximum atomic E-state index is 13.1. The van der Waals surface area contributed by atoms with E-state index in [9.17, 15) is 23.4 Å². The van der Waals surface area contributed by atoms with Crippen molar-refractivity contribution in [2.75, 3.05) is 19.7 Å². The number of carbonyl (C=O) groups is 1. The Balaban J connectivity index is 1.61. The highest BCUT2D eigenvalue weighted by molar-refractivity contribution is 7.89. The van der Waals surface area contributed by atoms with E-state index in [0.29, 0.717) is 30.9 Å². The van der Waals surface area contributed by atoms with Gasteiger partial charge in [0.1, 0.15) is 6.10 Å². The van der Waals surface area contributed by atoms with Crippen LogP contribution < -0.4 is 10.1 Å². The molecule has 0 aromatic heterocycles. The number of fused-ring (bicyclic) bond motifs is 1. The number of hydrogen-bond donors (Lipinski definition) is 4. The van der Waals surface area contributed by atoms with Crippen LogP contribution in [0, 0.1) is 18.8 Å². The van der Waals surface area contributed by atoms with Gasteiger partial charge in [0.15, 0.2) is 0 Å². The minimum absolute atomic E-state index is 0.0273. The van der Waals surface area contributed by atoms with E-state index in [4.69, 9.17) is 9.47 Å². The Hall–Kier alpha value is -1.76. The number of aliphatic hydroxyl groups is 2. The summed E-state index contributed by atoms with van der Waals surface area (Å²) in [5.41, 5.74) is 1.32. The normalized spacial score (nSPS) is 23.6. The molecule has 10 nitrogen and oxygen atoms in total. The Morgan fingerprint density at radius 2 is 2.03 bits per heavy atom. The van der Waals surface area contributed by atoms with Crippen molar-refractivity contribution in [2.45, 2.75) is 89.2 Å². The lowest BCUT2D eigenvalue weighted by molar-refractivity contribution is 0.0450. The molecule has 204 valence electrons. The van der Waals surface area contributed by atoms with Crippen molar-refractivity contribution in [3.8, 4) is 0 Å². The summed E-state index contributed by atoms with van der Waals surface area (Å²) in [4.78, 5) is 15.1. The van der Waals surface area contributed by atoms with Crippen LogP contribution in [0.4, 0.5) is 4.79 Å². The Kier molecular flexibility index (Phi) is 10.1. The van der Waals surface area contributed by atoms with Crippen LogP contribution in [0.2, 0.25) is 0 Å². The molecule has 3 rings (SSSR count). The number of ether oxygens (including phenoxy) is 2. The monoisotopic (exact) mass is 527 g/mol. The molecule has 1 unspecified atom stereocenters. The summed E-state index contributed by atoms with van der Waals surface area (Å²) in [6.07, 6.45) is 1.26. The minimum atomic E-state index is -3.95. The topological polar surface area (TPSA) is 137 Å². The SMILES string of the molecule is CC[C@H](NC(=O)O[C@@H]1CC2CCO[C@@H]2C1)[C@H](O)CN(CC(C)C)NS(=O)(=O)c1ccc(C)c(CO)c1. The molecule has 1 aromatic carbocycles. The highest BCUT2D eigenvalue weighted by Gasteiger charge is 2.40. The predicted octanol–water partition coefficient (Wildman–Crippen LogP) is 2.07. The van der Waals surface area contributed by atoms with Crippen molar-refractivity contribution in [3.05, 3.63) is 29.3 Å². The van der Waals surface area contributed by atoms with Gasteiger partial charge in [-0.2, -0.15) is 0 Å². The number of aliphatic hydroxyl groups excluding tert-OH is 2. The van der Waals surface area contributed by atoms with E-state index >= 15 is 0 Å². The first-order valence-electron chi connectivity index (χ1n) is 12.8. The highest BCUT2D eigenvalue weighted by Crippen LogP contribution is 2.37. The molecule has 0 bridgehead atoms. The van der Waals surface area contributed by atoms with Gasteiger partial charge in [0.05, 0.1) is 29.8 Å². The number of nitrogens with zero attached hydrogens (tertiary/aromatic N) is 1. The van der Waals surface area contributed by atoms with Crippen LogP contribution in [-0.2, 0) is 26.1 Å². The fraction of sp³-hybridized carbons (Fsp3) is 0.720. The molecule has 2 aliphatic rings. The third kappa shape index (κ3) is 7.62. The largest absolute Gasteiger partial charge is 0.446 e. The molecule has 1 aromatic rings. The molecule has 1 saturated carbocycles. The number of hydrazine groups is 1. The Morgan fingerprint density at radius 1 is 1.28 bits per heavy atom. The maximum Gasteiger partial charge on any atom is 0.407 e. The summed E-state index contributed by atoms with van der Waals surface area (Å²) in [6, 6.07) is 3.95. The molecule has 36 heavy (non-hydrogen) atoms. The van der Waals surface area contributed by atoms with Crippen molar-refractivity contribution >= 4 is 16.1 Å². The Morgan fingerprint density at radius 3 is 2.67 bits per heavy atom. The van der Waals surface area contributed by atoms with Crippen molar-refractivity contribution in [1.29, 1.82) is 0 Å². The molecule has 11 heteroatoms. The summed E-state index contributed by atoms with van der Waals surface area (Å²) in [6.45, 7) is 8.33. The van der Waals surface area contributed by atoms with Gasteiger partial charge in [-0.15, -0.1) is 4.83 Å². The van der Waals surface area contributed by atoms with Crippen molar-refractivity contribution in [1.82, 2.24) is 15.2 Å². The van der Waals surface area contributed by atoms with Gasteiger partial charge >= 0.3 is 6.09 Å². The fourth-order valence-corrected chi connectivity index (χ4v) is 6.11. The average molecular weight is 528 g/mol. The van der Waals surface area contributed by atoms with Gasteiger partial charge < -0.3 is 25.0 Å². The number of sulfonamides is 1. The van der Waals surface area contributed by atoms with Crippen LogP contribution in [-0.4, -0.2) is 73.8 Å². The second-order valence-electron chi connectivity index (χ2n) is 10.3. The number of rotatable bonds is 12. The number of amides is 1. The highest BCUT2D eigenvalue weighted by atomic mass is 32.2. The molecule has 5 atom stereocenters. The predicted molar refractivity (Wildman–Crippen MR) is 134 cm³/mol. The van der Waals surface area contributed by atoms with E-state index in [1.165, 1.54) is 17.1 Å². The van der Waals surface area contributed by atoms with Gasteiger partial charge in [0, 0.05) is 26.1 Å². The third-order valence-corrected chi connectivity index (χ3v) is 8.31. The third-order valence-electron chi connectivity index (χ3n) is 6.93. The van der Waals surface area contributed by atoms with E-state index in [1.807, 2.05) is 20.8 Å². The van der Waals surface area contributed by atoms with E-state index in [0.717, 1.165) is 25.0 Å². The lowest BCUT2D eigenvalue weighted by atomic mass is 10.1. The second-order valence-corrected chi connectivity index (χ2v) is 12.0. The Labute approximate surface area is 214 Å². The molecule has 0 radical (unpaired) electrons. The smallest absolute Gasteiger partial charge is 0.407 e. The summed E-state index contributed by atoms with van der Waals surface area (Å²) in [5, 5.41) is 24.6. The molecule has 1 aliphatic heterocycles. The number of benzene rings is 1. The number of carbonyl (C=O) groups excluding carboxylic acids is 1. The zero-order valence-corrected chi connectivity index (χ0v) is 22.5. The van der Waals surface area contributed by atoms with E-state index in [2.05, 4.69) is 10.1 Å². The standard InChI is InChI=1S/C25H41N3O7S/c1-5-22(26-25(31)35-20-10-18-8-9-34-24(18)12-20)23(30)14-28(13-16(2)3)27-36(32,33)21-7-6-17(4)19(11-21)15-29/h6-7,11,16,18,20,22-24,27,29-30H,5,8-10,12-15H2,1-4H3,(H,26,31)/t18?,20-,22+,23-,24-/m1/s1. The van der Waals surface area contributed by atoms with Crippen LogP contribution in [0.5, 0.6) is 0 Å². The van der Waals surface area contributed by atoms with E-state index < -0.39 is 28.3 Å². The van der Waals surface area contributed by atoms with Crippen LogP contribution in [0.1, 0.15) is 57.6 Å². The van der Waals surface area contributed by atoms with Crippen molar-refractivity contribution in [2.24, 2.45) is 11.8 Å². The molecule has 0 spiro atoms. The number of alkyl carbamates (subject to hydrolysis) is 1. The lowest BCUT2D eigenvalue weighted by Crippen LogP contribution is -2.53. The number of hydrogen-bond acceptors (Lipinski definition) is 8. The maximum absolute atomic E-state index is 13.1. The summed E-state index contributed by atoms with van der Waals surface area (Å²) in [7, 11) is -3.95. The number of nitrogens with one attached hydrogen (secondary N) is 2. The zero-order valence-electron chi connectivity index (χ0n) is 21.6.